The van der Waals surface area contributed by atoms with E-state index in [4.69, 9.17) is 0 Å². The molecule has 2 aromatic rings. The molecule has 0 bridgehead atoms. The predicted octanol–water partition coefficient (Wildman–Crippen LogP) is 3.39. The average molecular weight is 381 g/mol. The van der Waals surface area contributed by atoms with E-state index in [2.05, 4.69) is 34.1 Å². The van der Waals surface area contributed by atoms with Gasteiger partial charge < -0.3 is 9.80 Å². The number of amides is 1. The van der Waals surface area contributed by atoms with Gasteiger partial charge in [-0.25, -0.2) is 4.39 Å². The van der Waals surface area contributed by atoms with Gasteiger partial charge in [0.25, 0.3) is 0 Å². The molecule has 4 rings (SSSR count). The highest BCUT2D eigenvalue weighted by molar-refractivity contribution is 5.79. The summed E-state index contributed by atoms with van der Waals surface area (Å²) in [5, 5.41) is 0. The summed E-state index contributed by atoms with van der Waals surface area (Å²) in [6.45, 7) is 5.93. The second kappa shape index (κ2) is 8.74. The maximum Gasteiger partial charge on any atom is 0.227 e. The van der Waals surface area contributed by atoms with Gasteiger partial charge in [0.05, 0.1) is 5.92 Å². The molecular weight excluding hydrogens is 353 g/mol. The Morgan fingerprint density at radius 2 is 1.64 bits per heavy atom. The van der Waals surface area contributed by atoms with Crippen molar-refractivity contribution in [3.05, 3.63) is 66.0 Å². The van der Waals surface area contributed by atoms with Crippen LogP contribution >= 0.6 is 0 Å². The number of likely N-dealkylation sites (tertiary alicyclic amines) is 1. The van der Waals surface area contributed by atoms with Crippen LogP contribution in [0, 0.1) is 11.7 Å². The van der Waals surface area contributed by atoms with Crippen LogP contribution in [0.2, 0.25) is 0 Å². The van der Waals surface area contributed by atoms with Gasteiger partial charge in [0.1, 0.15) is 5.82 Å². The fourth-order valence-corrected chi connectivity index (χ4v) is 4.34. The van der Waals surface area contributed by atoms with Gasteiger partial charge in [0, 0.05) is 45.0 Å². The standard InChI is InChI=1S/C23H28FN3O/c24-21-8-10-22(11-9-21)26-13-15-27(16-14-26)23(28)20-7-4-12-25(18-20)17-19-5-2-1-3-6-19/h1-3,5-6,8-11,20H,4,7,12-18H2. The lowest BCUT2D eigenvalue weighted by Gasteiger charge is -2.39. The van der Waals surface area contributed by atoms with E-state index in [1.807, 2.05) is 23.1 Å². The second-order valence-electron chi connectivity index (χ2n) is 7.85. The molecule has 2 heterocycles. The first-order valence-corrected chi connectivity index (χ1v) is 10.2. The SMILES string of the molecule is O=C(C1CCCN(Cc2ccccc2)C1)N1CCN(c2ccc(F)cc2)CC1. The lowest BCUT2D eigenvalue weighted by Crippen LogP contribution is -2.52. The molecule has 2 aliphatic heterocycles. The molecule has 2 aromatic carbocycles. The van der Waals surface area contributed by atoms with E-state index in [0.717, 1.165) is 64.3 Å². The van der Waals surface area contributed by atoms with E-state index >= 15 is 0 Å². The van der Waals surface area contributed by atoms with E-state index in [1.54, 1.807) is 0 Å². The Bertz CT molecular complexity index is 772. The summed E-state index contributed by atoms with van der Waals surface area (Å²) in [5.74, 6) is 0.196. The van der Waals surface area contributed by atoms with Crippen LogP contribution in [0.1, 0.15) is 18.4 Å². The normalized spacial score (nSPS) is 21.0. The monoisotopic (exact) mass is 381 g/mol. The fraction of sp³-hybridized carbons (Fsp3) is 0.435. The first kappa shape index (κ1) is 18.9. The molecule has 0 aliphatic carbocycles. The minimum atomic E-state index is -0.213. The van der Waals surface area contributed by atoms with E-state index < -0.39 is 0 Å². The van der Waals surface area contributed by atoms with Crippen LogP contribution in [0.15, 0.2) is 54.6 Å². The summed E-state index contributed by atoms with van der Waals surface area (Å²) >= 11 is 0. The van der Waals surface area contributed by atoms with Crippen molar-refractivity contribution in [2.45, 2.75) is 19.4 Å². The third-order valence-corrected chi connectivity index (χ3v) is 5.89. The molecule has 2 saturated heterocycles. The zero-order valence-electron chi connectivity index (χ0n) is 16.3. The molecule has 28 heavy (non-hydrogen) atoms. The van der Waals surface area contributed by atoms with Crippen LogP contribution in [0.25, 0.3) is 0 Å². The smallest absolute Gasteiger partial charge is 0.227 e. The molecule has 1 atom stereocenters. The molecule has 5 heteroatoms. The molecule has 2 aliphatic rings. The summed E-state index contributed by atoms with van der Waals surface area (Å²) in [7, 11) is 0. The van der Waals surface area contributed by atoms with Crippen molar-refractivity contribution >= 4 is 11.6 Å². The third-order valence-electron chi connectivity index (χ3n) is 5.89. The molecule has 0 N–H and O–H groups in total. The Morgan fingerprint density at radius 1 is 0.929 bits per heavy atom. The van der Waals surface area contributed by atoms with Gasteiger partial charge in [-0.05, 0) is 49.2 Å². The number of hydrogen-bond acceptors (Lipinski definition) is 3. The van der Waals surface area contributed by atoms with E-state index in [1.165, 1.54) is 17.7 Å². The van der Waals surface area contributed by atoms with Crippen molar-refractivity contribution in [3.63, 3.8) is 0 Å². The number of nitrogens with zero attached hydrogens (tertiary/aromatic N) is 3. The van der Waals surface area contributed by atoms with Crippen molar-refractivity contribution in [1.82, 2.24) is 9.80 Å². The average Bonchev–Trinajstić information content (AvgIpc) is 2.75. The fourth-order valence-electron chi connectivity index (χ4n) is 4.34. The predicted molar refractivity (Wildman–Crippen MR) is 110 cm³/mol. The maximum atomic E-state index is 13.1. The number of halogens is 1. The van der Waals surface area contributed by atoms with Crippen molar-refractivity contribution < 1.29 is 9.18 Å². The van der Waals surface area contributed by atoms with Crippen molar-refractivity contribution in [3.8, 4) is 0 Å². The van der Waals surface area contributed by atoms with Crippen molar-refractivity contribution in [2.24, 2.45) is 5.92 Å². The van der Waals surface area contributed by atoms with Crippen LogP contribution in [0.5, 0.6) is 0 Å². The Kier molecular flexibility index (Phi) is 5.91. The first-order valence-electron chi connectivity index (χ1n) is 10.2. The largest absolute Gasteiger partial charge is 0.368 e. The lowest BCUT2D eigenvalue weighted by atomic mass is 9.95. The van der Waals surface area contributed by atoms with Crippen LogP contribution in [-0.2, 0) is 11.3 Å². The minimum Gasteiger partial charge on any atom is -0.368 e. The highest BCUT2D eigenvalue weighted by Gasteiger charge is 2.31. The van der Waals surface area contributed by atoms with Gasteiger partial charge in [-0.1, -0.05) is 30.3 Å². The molecule has 1 amide bonds. The minimum absolute atomic E-state index is 0.106. The molecule has 0 saturated carbocycles. The molecule has 4 nitrogen and oxygen atoms in total. The lowest BCUT2D eigenvalue weighted by molar-refractivity contribution is -0.137. The highest BCUT2D eigenvalue weighted by Crippen LogP contribution is 2.23. The number of benzene rings is 2. The number of rotatable bonds is 4. The van der Waals surface area contributed by atoms with Gasteiger partial charge in [-0.15, -0.1) is 0 Å². The number of carbonyl (C=O) groups is 1. The van der Waals surface area contributed by atoms with Crippen LogP contribution in [0.4, 0.5) is 10.1 Å². The Hall–Kier alpha value is -2.40. The summed E-state index contributed by atoms with van der Waals surface area (Å²) in [6.07, 6.45) is 2.07. The summed E-state index contributed by atoms with van der Waals surface area (Å²) in [6, 6.07) is 17.1. The molecule has 2 fully saturated rings. The zero-order valence-corrected chi connectivity index (χ0v) is 16.3. The third kappa shape index (κ3) is 4.53. The second-order valence-corrected chi connectivity index (χ2v) is 7.85. The van der Waals surface area contributed by atoms with E-state index in [9.17, 15) is 9.18 Å². The van der Waals surface area contributed by atoms with Gasteiger partial charge >= 0.3 is 0 Å². The van der Waals surface area contributed by atoms with Gasteiger partial charge in [-0.3, -0.25) is 9.69 Å². The molecule has 0 aromatic heterocycles. The van der Waals surface area contributed by atoms with Gasteiger partial charge in [0.2, 0.25) is 5.91 Å². The number of hydrogen-bond donors (Lipinski definition) is 0. The van der Waals surface area contributed by atoms with Crippen molar-refractivity contribution in [2.75, 3.05) is 44.2 Å². The summed E-state index contributed by atoms with van der Waals surface area (Å²) < 4.78 is 13.1. The maximum absolute atomic E-state index is 13.1. The van der Waals surface area contributed by atoms with E-state index in [-0.39, 0.29) is 11.7 Å². The van der Waals surface area contributed by atoms with Gasteiger partial charge in [-0.2, -0.15) is 0 Å². The van der Waals surface area contributed by atoms with Gasteiger partial charge in [0.15, 0.2) is 0 Å². The first-order chi connectivity index (χ1) is 13.7. The number of piperidine rings is 1. The molecule has 1 unspecified atom stereocenters. The number of carbonyl (C=O) groups excluding carboxylic acids is 1. The molecule has 148 valence electrons. The quantitative estimate of drug-likeness (QED) is 0.812. The Balaban J connectivity index is 1.30. The summed E-state index contributed by atoms with van der Waals surface area (Å²) in [4.78, 5) is 19.7. The van der Waals surface area contributed by atoms with Crippen LogP contribution < -0.4 is 4.90 Å². The molecule has 0 spiro atoms. The molecular formula is C23H28FN3O. The van der Waals surface area contributed by atoms with E-state index in [0.29, 0.717) is 5.91 Å². The number of piperazine rings is 1. The number of anilines is 1. The van der Waals surface area contributed by atoms with Crippen LogP contribution in [-0.4, -0.2) is 55.0 Å². The molecule has 0 radical (unpaired) electrons. The van der Waals surface area contributed by atoms with Crippen LogP contribution in [0.3, 0.4) is 0 Å². The topological polar surface area (TPSA) is 26.8 Å². The zero-order chi connectivity index (χ0) is 19.3. The highest BCUT2D eigenvalue weighted by atomic mass is 19.1. The Morgan fingerprint density at radius 3 is 2.36 bits per heavy atom. The summed E-state index contributed by atoms with van der Waals surface area (Å²) in [5.41, 5.74) is 2.34. The van der Waals surface area contributed by atoms with Crippen molar-refractivity contribution in [1.29, 1.82) is 0 Å². The Labute approximate surface area is 166 Å².